The lowest BCUT2D eigenvalue weighted by Crippen LogP contribution is -2.29. The molecule has 6 nitrogen and oxygen atoms in total. The van der Waals surface area contributed by atoms with Crippen LogP contribution in [-0.2, 0) is 16.1 Å². The van der Waals surface area contributed by atoms with Crippen LogP contribution in [0.4, 0.5) is 0 Å². The second kappa shape index (κ2) is 10.2. The van der Waals surface area contributed by atoms with Crippen LogP contribution in [0.3, 0.4) is 0 Å². The number of ether oxygens (including phenoxy) is 2. The Balaban J connectivity index is 1.64. The van der Waals surface area contributed by atoms with Gasteiger partial charge in [0, 0.05) is 12.1 Å². The Morgan fingerprint density at radius 3 is 2.35 bits per heavy atom. The van der Waals surface area contributed by atoms with Gasteiger partial charge in [-0.3, -0.25) is 9.59 Å². The number of hydrogen-bond donors (Lipinski definition) is 1. The molecule has 1 aliphatic rings. The Morgan fingerprint density at radius 2 is 1.62 bits per heavy atom. The van der Waals surface area contributed by atoms with Gasteiger partial charge in [0.2, 0.25) is 0 Å². The number of aliphatic hydroxyl groups is 1. The van der Waals surface area contributed by atoms with Gasteiger partial charge in [0.25, 0.3) is 11.7 Å². The van der Waals surface area contributed by atoms with Crippen molar-refractivity contribution in [2.45, 2.75) is 19.5 Å². The highest BCUT2D eigenvalue weighted by atomic mass is 16.5. The molecule has 0 radical (unpaired) electrons. The molecule has 0 spiro atoms. The lowest BCUT2D eigenvalue weighted by Gasteiger charge is -2.26. The number of methoxy groups -OCH3 is 1. The number of rotatable bonds is 7. The van der Waals surface area contributed by atoms with Crippen molar-refractivity contribution in [1.82, 2.24) is 4.90 Å². The molecule has 0 aromatic heterocycles. The second-order valence-electron chi connectivity index (χ2n) is 8.84. The fourth-order valence-electron chi connectivity index (χ4n) is 4.75. The molecule has 1 unspecified atom stereocenters. The summed E-state index contributed by atoms with van der Waals surface area (Å²) in [5.74, 6) is -0.257. The number of ketones is 1. The smallest absolute Gasteiger partial charge is 0.295 e. The Kier molecular flexibility index (Phi) is 6.64. The second-order valence-corrected chi connectivity index (χ2v) is 8.84. The first-order chi connectivity index (χ1) is 18.0. The van der Waals surface area contributed by atoms with Crippen LogP contribution in [0.25, 0.3) is 16.5 Å². The van der Waals surface area contributed by atoms with Gasteiger partial charge >= 0.3 is 0 Å². The van der Waals surface area contributed by atoms with E-state index in [0.717, 1.165) is 16.3 Å². The fraction of sp³-hybridized carbons (Fsp3) is 0.161. The largest absolute Gasteiger partial charge is 0.507 e. The number of nitrogens with zero attached hydrogens (tertiary/aromatic N) is 1. The quantitative estimate of drug-likeness (QED) is 0.198. The van der Waals surface area contributed by atoms with Crippen LogP contribution in [0.15, 0.2) is 96.6 Å². The van der Waals surface area contributed by atoms with Gasteiger partial charge in [0.05, 0.1) is 25.3 Å². The highest BCUT2D eigenvalue weighted by Crippen LogP contribution is 2.41. The van der Waals surface area contributed by atoms with Gasteiger partial charge in [-0.25, -0.2) is 0 Å². The van der Waals surface area contributed by atoms with E-state index in [4.69, 9.17) is 9.47 Å². The van der Waals surface area contributed by atoms with E-state index in [2.05, 4.69) is 0 Å². The molecular weight excluding hydrogens is 466 g/mol. The molecule has 186 valence electrons. The molecule has 1 aliphatic heterocycles. The van der Waals surface area contributed by atoms with Crippen LogP contribution in [0.2, 0.25) is 0 Å². The van der Waals surface area contributed by atoms with E-state index in [1.807, 2.05) is 91.9 Å². The van der Waals surface area contributed by atoms with Gasteiger partial charge in [-0.2, -0.15) is 0 Å². The van der Waals surface area contributed by atoms with E-state index in [-0.39, 0.29) is 17.9 Å². The molecule has 4 aromatic rings. The minimum Gasteiger partial charge on any atom is -0.507 e. The van der Waals surface area contributed by atoms with E-state index >= 15 is 0 Å². The molecule has 4 aromatic carbocycles. The maximum Gasteiger partial charge on any atom is 0.295 e. The van der Waals surface area contributed by atoms with Crippen molar-refractivity contribution >= 4 is 28.2 Å². The third-order valence-corrected chi connectivity index (χ3v) is 6.56. The van der Waals surface area contributed by atoms with Crippen LogP contribution < -0.4 is 9.47 Å². The van der Waals surface area contributed by atoms with Crippen molar-refractivity contribution in [2.24, 2.45) is 0 Å². The van der Waals surface area contributed by atoms with Crippen molar-refractivity contribution < 1.29 is 24.2 Å². The molecule has 1 heterocycles. The molecule has 37 heavy (non-hydrogen) atoms. The molecule has 1 atom stereocenters. The number of likely N-dealkylation sites (tertiary alicyclic amines) is 1. The highest BCUT2D eigenvalue weighted by Gasteiger charge is 2.46. The van der Waals surface area contributed by atoms with Crippen molar-refractivity contribution in [2.75, 3.05) is 13.7 Å². The molecule has 1 amide bonds. The standard InChI is InChI=1S/C31H27NO5/c1-3-37-26-10-6-9-23(18-26)28-27(29(33)24-14-13-21-7-4-5-8-22(21)17-24)30(34)31(35)32(28)19-20-11-15-25(36-2)16-12-20/h4-18,28,33H,3,19H2,1-2H3/b29-27-. The molecule has 5 rings (SSSR count). The zero-order chi connectivity index (χ0) is 25.9. The van der Waals surface area contributed by atoms with Gasteiger partial charge in [0.15, 0.2) is 0 Å². The predicted octanol–water partition coefficient (Wildman–Crippen LogP) is 5.87. The Bertz CT molecular complexity index is 1510. The first-order valence-corrected chi connectivity index (χ1v) is 12.1. The van der Waals surface area contributed by atoms with Gasteiger partial charge in [-0.1, -0.05) is 60.7 Å². The predicted molar refractivity (Wildman–Crippen MR) is 142 cm³/mol. The minimum atomic E-state index is -0.783. The Hall–Kier alpha value is -4.58. The Labute approximate surface area is 215 Å². The Morgan fingerprint density at radius 1 is 0.865 bits per heavy atom. The number of benzene rings is 4. The van der Waals surface area contributed by atoms with E-state index in [1.54, 1.807) is 13.2 Å². The van der Waals surface area contributed by atoms with Crippen LogP contribution in [-0.4, -0.2) is 35.4 Å². The zero-order valence-electron chi connectivity index (χ0n) is 20.7. The van der Waals surface area contributed by atoms with Gasteiger partial charge in [0.1, 0.15) is 17.3 Å². The number of Topliss-reactive ketones (excluding diaryl/α,β-unsaturated/α-hetero) is 1. The molecule has 0 saturated carbocycles. The number of aliphatic hydroxyl groups excluding tert-OH is 1. The number of fused-ring (bicyclic) bond motifs is 1. The van der Waals surface area contributed by atoms with Crippen LogP contribution in [0.1, 0.15) is 29.7 Å². The summed E-state index contributed by atoms with van der Waals surface area (Å²) in [5.41, 5.74) is 2.05. The van der Waals surface area contributed by atoms with E-state index in [9.17, 15) is 14.7 Å². The molecule has 0 bridgehead atoms. The van der Waals surface area contributed by atoms with Crippen LogP contribution in [0.5, 0.6) is 11.5 Å². The van der Waals surface area contributed by atoms with Gasteiger partial charge in [-0.15, -0.1) is 0 Å². The first-order valence-electron chi connectivity index (χ1n) is 12.1. The normalized spacial score (nSPS) is 16.8. The minimum absolute atomic E-state index is 0.0578. The lowest BCUT2D eigenvalue weighted by molar-refractivity contribution is -0.140. The fourth-order valence-corrected chi connectivity index (χ4v) is 4.75. The van der Waals surface area contributed by atoms with Crippen molar-refractivity contribution in [3.8, 4) is 11.5 Å². The molecular formula is C31H27NO5. The summed E-state index contributed by atoms with van der Waals surface area (Å²) >= 11 is 0. The van der Waals surface area contributed by atoms with E-state index in [1.165, 1.54) is 4.90 Å². The zero-order valence-corrected chi connectivity index (χ0v) is 20.7. The first kappa shape index (κ1) is 24.1. The summed E-state index contributed by atoms with van der Waals surface area (Å²) in [4.78, 5) is 28.3. The number of hydrogen-bond acceptors (Lipinski definition) is 5. The number of carbonyl (C=O) groups excluding carboxylic acids is 2. The highest BCUT2D eigenvalue weighted by molar-refractivity contribution is 6.46. The average Bonchev–Trinajstić information content (AvgIpc) is 3.18. The number of amides is 1. The summed E-state index contributed by atoms with van der Waals surface area (Å²) in [6, 6.07) is 27.1. The summed E-state index contributed by atoms with van der Waals surface area (Å²) < 4.78 is 10.9. The third kappa shape index (κ3) is 4.66. The summed E-state index contributed by atoms with van der Waals surface area (Å²) in [7, 11) is 1.59. The third-order valence-electron chi connectivity index (χ3n) is 6.56. The average molecular weight is 494 g/mol. The molecule has 1 fully saturated rings. The van der Waals surface area contributed by atoms with E-state index < -0.39 is 17.7 Å². The van der Waals surface area contributed by atoms with Gasteiger partial charge < -0.3 is 19.5 Å². The summed E-state index contributed by atoms with van der Waals surface area (Å²) in [5, 5.41) is 13.4. The molecule has 6 heteroatoms. The van der Waals surface area contributed by atoms with Crippen molar-refractivity contribution in [3.05, 3.63) is 113 Å². The monoisotopic (exact) mass is 493 g/mol. The van der Waals surface area contributed by atoms with Crippen LogP contribution >= 0.6 is 0 Å². The van der Waals surface area contributed by atoms with Crippen LogP contribution in [0, 0.1) is 0 Å². The molecule has 1 N–H and O–H groups in total. The maximum atomic E-state index is 13.4. The topological polar surface area (TPSA) is 76.1 Å². The van der Waals surface area contributed by atoms with Crippen molar-refractivity contribution in [1.29, 1.82) is 0 Å². The lowest BCUT2D eigenvalue weighted by atomic mass is 9.94. The molecule has 1 saturated heterocycles. The summed E-state index contributed by atoms with van der Waals surface area (Å²) in [6.07, 6.45) is 0. The number of carbonyl (C=O) groups is 2. The molecule has 0 aliphatic carbocycles. The van der Waals surface area contributed by atoms with Gasteiger partial charge in [-0.05, 0) is 59.2 Å². The van der Waals surface area contributed by atoms with E-state index in [0.29, 0.717) is 29.2 Å². The SMILES string of the molecule is CCOc1cccc(C2/C(=C(/O)c3ccc4ccccc4c3)C(=O)C(=O)N2Cc2ccc(OC)cc2)c1. The summed E-state index contributed by atoms with van der Waals surface area (Å²) in [6.45, 7) is 2.56. The maximum absolute atomic E-state index is 13.4. The van der Waals surface area contributed by atoms with Crippen molar-refractivity contribution in [3.63, 3.8) is 0 Å².